The van der Waals surface area contributed by atoms with Gasteiger partial charge < -0.3 is 9.30 Å². The van der Waals surface area contributed by atoms with Gasteiger partial charge in [0, 0.05) is 0 Å². The van der Waals surface area contributed by atoms with E-state index >= 15 is 0 Å². The largest absolute Gasteiger partial charge is 0.461 e. The highest BCUT2D eigenvalue weighted by Gasteiger charge is 2.22. The number of aromatic nitrogens is 2. The van der Waals surface area contributed by atoms with E-state index < -0.39 is 5.97 Å². The topological polar surface area (TPSA) is 44.1 Å². The van der Waals surface area contributed by atoms with Crippen LogP contribution < -0.4 is 0 Å². The zero-order valence-electron chi connectivity index (χ0n) is 10.8. The summed E-state index contributed by atoms with van der Waals surface area (Å²) in [5, 5.41) is 0.168. The monoisotopic (exact) mass is 278 g/mol. The number of esters is 1. The maximum Gasteiger partial charge on any atom is 0.358 e. The number of hydrogen-bond donors (Lipinski definition) is 0. The number of halogens is 1. The number of carbonyl (C=O) groups is 1. The molecule has 0 aliphatic heterocycles. The molecule has 5 heteroatoms. The van der Waals surface area contributed by atoms with Crippen LogP contribution in [0.3, 0.4) is 0 Å². The first kappa shape index (κ1) is 13.6. The molecule has 0 bridgehead atoms. The third-order valence-corrected chi connectivity index (χ3v) is 3.19. The Kier molecular flexibility index (Phi) is 4.22. The van der Waals surface area contributed by atoms with Crippen molar-refractivity contribution in [2.75, 3.05) is 6.61 Å². The van der Waals surface area contributed by atoms with Crippen LogP contribution >= 0.6 is 11.6 Å². The first-order valence-electron chi connectivity index (χ1n) is 6.09. The Morgan fingerprint density at radius 1 is 1.42 bits per heavy atom. The quantitative estimate of drug-likeness (QED) is 0.806. The second-order valence-electron chi connectivity index (χ2n) is 4.10. The first-order chi connectivity index (χ1) is 9.15. The fraction of sp³-hybridized carbons (Fsp3) is 0.286. The van der Waals surface area contributed by atoms with E-state index in [1.807, 2.05) is 37.3 Å². The van der Waals surface area contributed by atoms with Crippen LogP contribution in [0.5, 0.6) is 0 Å². The number of benzene rings is 1. The van der Waals surface area contributed by atoms with Gasteiger partial charge in [0.2, 0.25) is 0 Å². The van der Waals surface area contributed by atoms with Crippen LogP contribution in [-0.2, 0) is 4.74 Å². The maximum absolute atomic E-state index is 11.9. The predicted molar refractivity (Wildman–Crippen MR) is 73.4 cm³/mol. The van der Waals surface area contributed by atoms with Crippen LogP contribution in [0.25, 0.3) is 0 Å². The van der Waals surface area contributed by atoms with E-state index in [2.05, 4.69) is 4.98 Å². The fourth-order valence-corrected chi connectivity index (χ4v) is 2.13. The molecule has 4 nitrogen and oxygen atoms in total. The van der Waals surface area contributed by atoms with Crippen molar-refractivity contribution in [3.05, 3.63) is 53.1 Å². The number of carbonyl (C=O) groups excluding carboxylic acids is 1. The molecule has 0 aliphatic rings. The fourth-order valence-electron chi connectivity index (χ4n) is 1.91. The molecule has 0 aliphatic carbocycles. The Labute approximate surface area is 117 Å². The lowest BCUT2D eigenvalue weighted by Crippen LogP contribution is -2.15. The van der Waals surface area contributed by atoms with Gasteiger partial charge in [-0.25, -0.2) is 9.78 Å². The van der Waals surface area contributed by atoms with Gasteiger partial charge in [-0.2, -0.15) is 0 Å². The molecule has 0 saturated carbocycles. The number of rotatable bonds is 4. The van der Waals surface area contributed by atoms with Crippen molar-refractivity contribution < 1.29 is 9.53 Å². The summed E-state index contributed by atoms with van der Waals surface area (Å²) in [5.41, 5.74) is 1.36. The minimum atomic E-state index is -0.451. The van der Waals surface area contributed by atoms with Gasteiger partial charge in [0.1, 0.15) is 0 Å². The summed E-state index contributed by atoms with van der Waals surface area (Å²) in [6, 6.07) is 9.80. The van der Waals surface area contributed by atoms with Gasteiger partial charge in [0.05, 0.1) is 19.0 Å². The van der Waals surface area contributed by atoms with Gasteiger partial charge in [0.15, 0.2) is 10.8 Å². The molecule has 0 saturated heterocycles. The maximum atomic E-state index is 11.9. The van der Waals surface area contributed by atoms with Crippen molar-refractivity contribution >= 4 is 17.6 Å². The molecule has 2 aromatic rings. The van der Waals surface area contributed by atoms with E-state index in [0.29, 0.717) is 12.3 Å². The molecule has 1 heterocycles. The summed E-state index contributed by atoms with van der Waals surface area (Å²) >= 11 is 5.97. The van der Waals surface area contributed by atoms with Crippen LogP contribution in [0.1, 0.15) is 35.9 Å². The summed E-state index contributed by atoms with van der Waals surface area (Å²) in [7, 11) is 0. The number of hydrogen-bond acceptors (Lipinski definition) is 3. The molecule has 0 N–H and O–H groups in total. The highest BCUT2D eigenvalue weighted by molar-refractivity contribution is 6.32. The smallest absolute Gasteiger partial charge is 0.358 e. The molecule has 0 radical (unpaired) electrons. The SMILES string of the molecule is CCOC(=O)c1c(Cl)ncn1[C@H](C)c1ccccc1. The van der Waals surface area contributed by atoms with E-state index in [1.165, 1.54) is 0 Å². The minimum Gasteiger partial charge on any atom is -0.461 e. The zero-order valence-corrected chi connectivity index (χ0v) is 11.6. The van der Waals surface area contributed by atoms with Crippen molar-refractivity contribution in [2.24, 2.45) is 0 Å². The molecule has 1 aromatic carbocycles. The van der Waals surface area contributed by atoms with Crippen LogP contribution in [-0.4, -0.2) is 22.1 Å². The van der Waals surface area contributed by atoms with Crippen molar-refractivity contribution in [1.29, 1.82) is 0 Å². The first-order valence-corrected chi connectivity index (χ1v) is 6.47. The summed E-state index contributed by atoms with van der Waals surface area (Å²) < 4.78 is 6.74. The molecule has 19 heavy (non-hydrogen) atoms. The second-order valence-corrected chi connectivity index (χ2v) is 4.46. The standard InChI is InChI=1S/C14H15ClN2O2/c1-3-19-14(18)12-13(15)16-9-17(12)10(2)11-7-5-4-6-8-11/h4-10H,3H2,1-2H3/t10-/m1/s1. The molecule has 0 spiro atoms. The number of ether oxygens (including phenoxy) is 1. The molecule has 100 valence electrons. The second kappa shape index (κ2) is 5.89. The molecule has 2 rings (SSSR count). The molecule has 1 atom stereocenters. The van der Waals surface area contributed by atoms with Gasteiger partial charge in [-0.3, -0.25) is 0 Å². The van der Waals surface area contributed by atoms with Crippen molar-refractivity contribution in [3.8, 4) is 0 Å². The molecular weight excluding hydrogens is 264 g/mol. The van der Waals surface area contributed by atoms with Crippen LogP contribution in [0.4, 0.5) is 0 Å². The number of nitrogens with zero attached hydrogens (tertiary/aromatic N) is 2. The highest BCUT2D eigenvalue weighted by atomic mass is 35.5. The lowest BCUT2D eigenvalue weighted by molar-refractivity contribution is 0.0513. The molecule has 1 aromatic heterocycles. The van der Waals surface area contributed by atoms with Crippen molar-refractivity contribution in [1.82, 2.24) is 9.55 Å². The normalized spacial score (nSPS) is 12.2. The predicted octanol–water partition coefficient (Wildman–Crippen LogP) is 3.32. The van der Waals surface area contributed by atoms with Gasteiger partial charge in [-0.1, -0.05) is 41.9 Å². The summed E-state index contributed by atoms with van der Waals surface area (Å²) in [5.74, 6) is -0.451. The van der Waals surface area contributed by atoms with E-state index in [0.717, 1.165) is 5.56 Å². The van der Waals surface area contributed by atoms with Crippen molar-refractivity contribution in [3.63, 3.8) is 0 Å². The van der Waals surface area contributed by atoms with Gasteiger partial charge in [0.25, 0.3) is 0 Å². The zero-order chi connectivity index (χ0) is 13.8. The number of imidazole rings is 1. The van der Waals surface area contributed by atoms with Gasteiger partial charge in [-0.15, -0.1) is 0 Å². The molecule has 0 amide bonds. The van der Waals surface area contributed by atoms with Crippen LogP contribution in [0.15, 0.2) is 36.7 Å². The Morgan fingerprint density at radius 2 is 2.11 bits per heavy atom. The Morgan fingerprint density at radius 3 is 2.74 bits per heavy atom. The van der Waals surface area contributed by atoms with Crippen LogP contribution in [0.2, 0.25) is 5.15 Å². The van der Waals surface area contributed by atoms with E-state index in [9.17, 15) is 4.79 Å². The van der Waals surface area contributed by atoms with Crippen molar-refractivity contribution in [2.45, 2.75) is 19.9 Å². The summed E-state index contributed by atoms with van der Waals surface area (Å²) in [4.78, 5) is 15.9. The molecule has 0 fully saturated rings. The third-order valence-electron chi connectivity index (χ3n) is 2.92. The van der Waals surface area contributed by atoms with E-state index in [1.54, 1.807) is 17.8 Å². The summed E-state index contributed by atoms with van der Waals surface area (Å²) in [6.45, 7) is 4.04. The molecule has 0 unspecified atom stereocenters. The van der Waals surface area contributed by atoms with Gasteiger partial charge in [-0.05, 0) is 19.4 Å². The molecular formula is C14H15ClN2O2. The lowest BCUT2D eigenvalue weighted by atomic mass is 10.1. The summed E-state index contributed by atoms with van der Waals surface area (Å²) in [6.07, 6.45) is 1.56. The van der Waals surface area contributed by atoms with E-state index in [-0.39, 0.29) is 11.2 Å². The average molecular weight is 279 g/mol. The lowest BCUT2D eigenvalue weighted by Gasteiger charge is -2.16. The highest BCUT2D eigenvalue weighted by Crippen LogP contribution is 2.24. The minimum absolute atomic E-state index is 0.0411. The Bertz CT molecular complexity index is 566. The van der Waals surface area contributed by atoms with Crippen LogP contribution in [0, 0.1) is 0 Å². The average Bonchev–Trinajstić information content (AvgIpc) is 2.81. The van der Waals surface area contributed by atoms with E-state index in [4.69, 9.17) is 16.3 Å². The third kappa shape index (κ3) is 2.79. The van der Waals surface area contributed by atoms with Gasteiger partial charge >= 0.3 is 5.97 Å². The Hall–Kier alpha value is -1.81. The Balaban J connectivity index is 2.38.